The van der Waals surface area contributed by atoms with Gasteiger partial charge in [-0.05, 0) is 18.6 Å². The van der Waals surface area contributed by atoms with Crippen LogP contribution < -0.4 is 5.32 Å². The number of hydrogen-bond acceptors (Lipinski definition) is 4. The van der Waals surface area contributed by atoms with Gasteiger partial charge in [0.25, 0.3) is 5.91 Å². The van der Waals surface area contributed by atoms with E-state index >= 15 is 0 Å². The molecule has 1 aromatic rings. The fourth-order valence-corrected chi connectivity index (χ4v) is 3.09. The predicted molar refractivity (Wildman–Crippen MR) is 81.3 cm³/mol. The first-order valence-corrected chi connectivity index (χ1v) is 7.90. The van der Waals surface area contributed by atoms with Gasteiger partial charge < -0.3 is 20.2 Å². The molecule has 8 heteroatoms. The second kappa shape index (κ2) is 6.82. The lowest BCUT2D eigenvalue weighted by Crippen LogP contribution is -2.54. The number of carbonyl (C=O) groups excluding carboxylic acids is 2. The normalized spacial score (nSPS) is 24.3. The van der Waals surface area contributed by atoms with Crippen LogP contribution >= 0.6 is 0 Å². The number of piperazine rings is 1. The number of hydrogen-bond donors (Lipinski definition) is 2. The Labute approximate surface area is 138 Å². The molecule has 2 aliphatic rings. The molecule has 0 radical (unpaired) electrons. The van der Waals surface area contributed by atoms with E-state index in [1.807, 2.05) is 0 Å². The third kappa shape index (κ3) is 3.39. The molecule has 3 rings (SSSR count). The molecule has 0 spiro atoms. The Kier molecular flexibility index (Phi) is 4.77. The van der Waals surface area contributed by atoms with Gasteiger partial charge in [0.1, 0.15) is 11.6 Å². The van der Waals surface area contributed by atoms with Crippen molar-refractivity contribution in [3.63, 3.8) is 0 Å². The zero-order valence-electron chi connectivity index (χ0n) is 13.0. The second-order valence-corrected chi connectivity index (χ2v) is 6.09. The van der Waals surface area contributed by atoms with Crippen LogP contribution in [0.3, 0.4) is 0 Å². The van der Waals surface area contributed by atoms with Gasteiger partial charge in [-0.3, -0.25) is 9.59 Å². The molecule has 0 aromatic heterocycles. The fourth-order valence-electron chi connectivity index (χ4n) is 3.09. The van der Waals surface area contributed by atoms with Crippen LogP contribution in [0, 0.1) is 11.6 Å². The third-order valence-corrected chi connectivity index (χ3v) is 4.45. The van der Waals surface area contributed by atoms with Crippen LogP contribution in [0.15, 0.2) is 18.2 Å². The first-order chi connectivity index (χ1) is 11.5. The Balaban J connectivity index is 1.58. The van der Waals surface area contributed by atoms with Crippen molar-refractivity contribution in [3.05, 3.63) is 35.4 Å². The molecule has 2 fully saturated rings. The van der Waals surface area contributed by atoms with E-state index in [0.29, 0.717) is 32.1 Å². The molecule has 2 N–H and O–H groups in total. The van der Waals surface area contributed by atoms with Gasteiger partial charge in [-0.25, -0.2) is 8.78 Å². The maximum absolute atomic E-state index is 13.7. The van der Waals surface area contributed by atoms with Gasteiger partial charge in [0.05, 0.1) is 17.7 Å². The number of aliphatic hydroxyl groups excluding tert-OH is 1. The van der Waals surface area contributed by atoms with Crippen molar-refractivity contribution >= 4 is 11.8 Å². The summed E-state index contributed by atoms with van der Waals surface area (Å²) in [6.45, 7) is 1.68. The summed E-state index contributed by atoms with van der Waals surface area (Å²) in [7, 11) is 0. The number of β-amino-alcohol motifs (C(OH)–C–C–N with tert-alkyl or cyclic N) is 1. The highest BCUT2D eigenvalue weighted by Crippen LogP contribution is 2.16. The van der Waals surface area contributed by atoms with Crippen LogP contribution in [0.2, 0.25) is 0 Å². The van der Waals surface area contributed by atoms with Crippen LogP contribution in [-0.2, 0) is 4.79 Å². The molecular weight excluding hydrogens is 320 g/mol. The Morgan fingerprint density at radius 1 is 1.12 bits per heavy atom. The molecule has 2 amide bonds. The van der Waals surface area contributed by atoms with Crippen molar-refractivity contribution in [2.75, 3.05) is 32.7 Å². The summed E-state index contributed by atoms with van der Waals surface area (Å²) < 4.78 is 26.7. The van der Waals surface area contributed by atoms with Gasteiger partial charge in [0.2, 0.25) is 5.91 Å². The smallest absolute Gasteiger partial charge is 0.256 e. The van der Waals surface area contributed by atoms with Crippen molar-refractivity contribution in [3.8, 4) is 0 Å². The van der Waals surface area contributed by atoms with Gasteiger partial charge in [0, 0.05) is 38.8 Å². The number of amides is 2. The van der Waals surface area contributed by atoms with Crippen LogP contribution in [0.1, 0.15) is 16.8 Å². The zero-order chi connectivity index (χ0) is 17.3. The Hall–Kier alpha value is -2.06. The van der Waals surface area contributed by atoms with E-state index in [0.717, 1.165) is 12.1 Å². The topological polar surface area (TPSA) is 72.9 Å². The number of carbonyl (C=O) groups is 2. The summed E-state index contributed by atoms with van der Waals surface area (Å²) in [4.78, 5) is 27.7. The highest BCUT2D eigenvalue weighted by molar-refractivity contribution is 5.94. The molecule has 2 unspecified atom stereocenters. The zero-order valence-corrected chi connectivity index (χ0v) is 13.0. The molecule has 6 nitrogen and oxygen atoms in total. The lowest BCUT2D eigenvalue weighted by molar-refractivity contribution is -0.134. The monoisotopic (exact) mass is 339 g/mol. The van der Waals surface area contributed by atoms with Crippen LogP contribution in [0.25, 0.3) is 0 Å². The van der Waals surface area contributed by atoms with Crippen LogP contribution in [-0.4, -0.2) is 71.6 Å². The Bertz CT molecular complexity index is 647. The van der Waals surface area contributed by atoms with Crippen LogP contribution in [0.5, 0.6) is 0 Å². The van der Waals surface area contributed by atoms with Crippen molar-refractivity contribution in [2.24, 2.45) is 0 Å². The minimum atomic E-state index is -0.886. The van der Waals surface area contributed by atoms with Gasteiger partial charge in [-0.2, -0.15) is 0 Å². The van der Waals surface area contributed by atoms with Gasteiger partial charge >= 0.3 is 0 Å². The average Bonchev–Trinajstić information content (AvgIpc) is 3.00. The summed E-state index contributed by atoms with van der Waals surface area (Å²) in [6.07, 6.45) is -0.123. The van der Waals surface area contributed by atoms with E-state index in [1.54, 1.807) is 4.90 Å². The first-order valence-electron chi connectivity index (χ1n) is 7.90. The van der Waals surface area contributed by atoms with Crippen molar-refractivity contribution < 1.29 is 23.5 Å². The molecular formula is C16H19F2N3O3. The van der Waals surface area contributed by atoms with Crippen molar-refractivity contribution in [1.82, 2.24) is 15.1 Å². The van der Waals surface area contributed by atoms with Crippen molar-refractivity contribution in [1.29, 1.82) is 0 Å². The van der Waals surface area contributed by atoms with E-state index in [1.165, 1.54) is 4.90 Å². The molecule has 0 aliphatic carbocycles. The van der Waals surface area contributed by atoms with E-state index in [-0.39, 0.29) is 24.6 Å². The highest BCUT2D eigenvalue weighted by atomic mass is 19.1. The van der Waals surface area contributed by atoms with E-state index in [9.17, 15) is 23.5 Å². The molecule has 2 saturated heterocycles. The standard InChI is InChI=1S/C16H19F2N3O3/c17-10-1-2-12(13(18)7-10)15(23)20-3-5-21(6-4-20)16(24)14-8-11(22)9-19-14/h1-2,7,11,14,19,22H,3-6,8-9H2. The molecule has 0 bridgehead atoms. The average molecular weight is 339 g/mol. The van der Waals surface area contributed by atoms with Gasteiger partial charge in [-0.15, -0.1) is 0 Å². The number of nitrogens with one attached hydrogen (secondary N) is 1. The molecule has 1 aromatic carbocycles. The van der Waals surface area contributed by atoms with Gasteiger partial charge in [0.15, 0.2) is 0 Å². The molecule has 24 heavy (non-hydrogen) atoms. The van der Waals surface area contributed by atoms with Gasteiger partial charge in [-0.1, -0.05) is 0 Å². The fraction of sp³-hybridized carbons (Fsp3) is 0.500. The minimum absolute atomic E-state index is 0.0911. The summed E-state index contributed by atoms with van der Waals surface area (Å²) in [6, 6.07) is 2.47. The number of halogens is 2. The number of nitrogens with zero attached hydrogens (tertiary/aromatic N) is 2. The van der Waals surface area contributed by atoms with Crippen LogP contribution in [0.4, 0.5) is 8.78 Å². The number of rotatable bonds is 2. The molecule has 2 atom stereocenters. The minimum Gasteiger partial charge on any atom is -0.392 e. The molecule has 130 valence electrons. The lowest BCUT2D eigenvalue weighted by Gasteiger charge is -2.36. The van der Waals surface area contributed by atoms with E-state index in [2.05, 4.69) is 5.32 Å². The molecule has 2 aliphatic heterocycles. The maximum atomic E-state index is 13.7. The number of aliphatic hydroxyl groups is 1. The van der Waals surface area contributed by atoms with Crippen molar-refractivity contribution in [2.45, 2.75) is 18.6 Å². The highest BCUT2D eigenvalue weighted by Gasteiger charge is 2.33. The number of benzene rings is 1. The summed E-state index contributed by atoms with van der Waals surface area (Å²) in [5.41, 5.74) is -0.170. The first kappa shape index (κ1) is 16.8. The lowest BCUT2D eigenvalue weighted by atomic mass is 10.1. The maximum Gasteiger partial charge on any atom is 0.256 e. The SMILES string of the molecule is O=C(c1ccc(F)cc1F)N1CCN(C(=O)C2CC(O)CN2)CC1. The third-order valence-electron chi connectivity index (χ3n) is 4.45. The quantitative estimate of drug-likeness (QED) is 0.794. The largest absolute Gasteiger partial charge is 0.392 e. The van der Waals surface area contributed by atoms with E-state index < -0.39 is 29.7 Å². The molecule has 0 saturated carbocycles. The predicted octanol–water partition coefficient (Wildman–Crippen LogP) is -0.0280. The Morgan fingerprint density at radius 2 is 1.79 bits per heavy atom. The summed E-state index contributed by atoms with van der Waals surface area (Å²) in [5, 5.41) is 12.5. The Morgan fingerprint density at radius 3 is 2.38 bits per heavy atom. The molecule has 2 heterocycles. The van der Waals surface area contributed by atoms with E-state index in [4.69, 9.17) is 0 Å². The summed E-state index contributed by atoms with van der Waals surface area (Å²) >= 11 is 0. The second-order valence-electron chi connectivity index (χ2n) is 6.09. The summed E-state index contributed by atoms with van der Waals surface area (Å²) in [5.74, 6) is -2.21.